The third kappa shape index (κ3) is 6.81. The summed E-state index contributed by atoms with van der Waals surface area (Å²) in [7, 11) is 1.34. The predicted molar refractivity (Wildman–Crippen MR) is 147 cm³/mol. The van der Waals surface area contributed by atoms with Crippen LogP contribution in [0, 0.1) is 13.8 Å². The van der Waals surface area contributed by atoms with Gasteiger partial charge < -0.3 is 19.7 Å². The molecule has 194 valence electrons. The maximum Gasteiger partial charge on any atom is 0.337 e. The molecular formula is C29H32ClN3O4. The number of nitrogens with one attached hydrogen (secondary N) is 1. The van der Waals surface area contributed by atoms with Crippen LogP contribution in [0.2, 0.25) is 5.02 Å². The van der Waals surface area contributed by atoms with Gasteiger partial charge in [0.1, 0.15) is 5.75 Å². The van der Waals surface area contributed by atoms with Crippen LogP contribution >= 0.6 is 11.6 Å². The van der Waals surface area contributed by atoms with Crippen molar-refractivity contribution < 1.29 is 19.1 Å². The second kappa shape index (κ2) is 12.1. The number of methoxy groups -OCH3 is 1. The van der Waals surface area contributed by atoms with E-state index in [4.69, 9.17) is 21.1 Å². The van der Waals surface area contributed by atoms with Gasteiger partial charge in [0.25, 0.3) is 5.91 Å². The molecule has 0 aliphatic carbocycles. The van der Waals surface area contributed by atoms with Crippen LogP contribution < -0.4 is 15.0 Å². The lowest BCUT2D eigenvalue weighted by atomic mass is 10.1. The average molecular weight is 522 g/mol. The van der Waals surface area contributed by atoms with Crippen LogP contribution in [-0.2, 0) is 16.1 Å². The first-order chi connectivity index (χ1) is 17.8. The van der Waals surface area contributed by atoms with Gasteiger partial charge >= 0.3 is 5.97 Å². The number of hydrogen-bond acceptors (Lipinski definition) is 6. The van der Waals surface area contributed by atoms with Crippen LogP contribution in [0.15, 0.2) is 60.7 Å². The van der Waals surface area contributed by atoms with E-state index in [-0.39, 0.29) is 12.5 Å². The van der Waals surface area contributed by atoms with Crippen molar-refractivity contribution in [3.05, 3.63) is 87.9 Å². The zero-order valence-electron chi connectivity index (χ0n) is 21.4. The van der Waals surface area contributed by atoms with Crippen molar-refractivity contribution in [2.45, 2.75) is 20.4 Å². The van der Waals surface area contributed by atoms with E-state index in [9.17, 15) is 9.59 Å². The molecule has 0 aromatic heterocycles. The summed E-state index contributed by atoms with van der Waals surface area (Å²) < 4.78 is 10.6. The molecule has 0 atom stereocenters. The molecule has 3 aromatic carbocycles. The Morgan fingerprint density at radius 3 is 2.38 bits per heavy atom. The molecule has 3 aromatic rings. The number of nitrogens with zero attached hydrogens (tertiary/aromatic N) is 2. The highest BCUT2D eigenvalue weighted by Crippen LogP contribution is 2.31. The van der Waals surface area contributed by atoms with Gasteiger partial charge in [-0.2, -0.15) is 0 Å². The van der Waals surface area contributed by atoms with Gasteiger partial charge in [0, 0.05) is 32.7 Å². The van der Waals surface area contributed by atoms with Crippen molar-refractivity contribution in [2.75, 3.05) is 50.1 Å². The topological polar surface area (TPSA) is 71.1 Å². The Hall–Kier alpha value is -3.55. The molecule has 1 heterocycles. The van der Waals surface area contributed by atoms with Gasteiger partial charge in [0.15, 0.2) is 6.61 Å². The number of esters is 1. The average Bonchev–Trinajstić information content (AvgIpc) is 2.88. The summed E-state index contributed by atoms with van der Waals surface area (Å²) in [4.78, 5) is 29.7. The van der Waals surface area contributed by atoms with E-state index in [1.807, 2.05) is 32.0 Å². The van der Waals surface area contributed by atoms with Gasteiger partial charge in [-0.3, -0.25) is 9.69 Å². The van der Waals surface area contributed by atoms with Crippen LogP contribution in [0.3, 0.4) is 0 Å². The first kappa shape index (κ1) is 26.5. The SMILES string of the molecule is COC(=O)c1ccc(N2CCN(Cc3ccccc3)CC2)c(NC(=O)COc2c(C)cc(C)cc2Cl)c1. The minimum atomic E-state index is -0.465. The fourth-order valence-corrected chi connectivity index (χ4v) is 4.93. The summed E-state index contributed by atoms with van der Waals surface area (Å²) in [5.41, 5.74) is 4.93. The number of anilines is 2. The number of benzene rings is 3. The lowest BCUT2D eigenvalue weighted by molar-refractivity contribution is -0.118. The first-order valence-electron chi connectivity index (χ1n) is 12.3. The fraction of sp³-hybridized carbons (Fsp3) is 0.310. The van der Waals surface area contributed by atoms with Crippen LogP contribution in [0.25, 0.3) is 0 Å². The first-order valence-corrected chi connectivity index (χ1v) is 12.6. The van der Waals surface area contributed by atoms with Gasteiger partial charge in [-0.25, -0.2) is 4.79 Å². The number of rotatable bonds is 8. The molecule has 37 heavy (non-hydrogen) atoms. The maximum absolute atomic E-state index is 12.9. The molecule has 1 amide bonds. The highest BCUT2D eigenvalue weighted by molar-refractivity contribution is 6.32. The molecule has 1 fully saturated rings. The van der Waals surface area contributed by atoms with E-state index < -0.39 is 5.97 Å². The predicted octanol–water partition coefficient (Wildman–Crippen LogP) is 5.08. The minimum absolute atomic E-state index is 0.212. The molecule has 0 bridgehead atoms. The number of carbonyl (C=O) groups is 2. The Morgan fingerprint density at radius 2 is 1.70 bits per heavy atom. The maximum atomic E-state index is 12.9. The third-order valence-corrected chi connectivity index (χ3v) is 6.66. The minimum Gasteiger partial charge on any atom is -0.482 e. The molecule has 0 unspecified atom stereocenters. The second-order valence-corrected chi connectivity index (χ2v) is 9.61. The van der Waals surface area contributed by atoms with Crippen LogP contribution in [0.5, 0.6) is 5.75 Å². The highest BCUT2D eigenvalue weighted by atomic mass is 35.5. The van der Waals surface area contributed by atoms with E-state index in [0.29, 0.717) is 22.0 Å². The smallest absolute Gasteiger partial charge is 0.337 e. The van der Waals surface area contributed by atoms with Gasteiger partial charge in [-0.05, 0) is 54.8 Å². The summed E-state index contributed by atoms with van der Waals surface area (Å²) in [5, 5.41) is 3.39. The Bertz CT molecular complexity index is 1230. The molecule has 0 saturated carbocycles. The molecule has 8 heteroatoms. The Balaban J connectivity index is 1.45. The van der Waals surface area contributed by atoms with E-state index in [1.54, 1.807) is 18.2 Å². The van der Waals surface area contributed by atoms with Crippen molar-refractivity contribution in [3.8, 4) is 5.75 Å². The summed E-state index contributed by atoms with van der Waals surface area (Å²) in [6.07, 6.45) is 0. The standard InChI is InChI=1S/C29H32ClN3O4/c1-20-15-21(2)28(24(30)16-20)37-19-27(34)31-25-17-23(29(35)36-3)9-10-26(25)33-13-11-32(12-14-33)18-22-7-5-4-6-8-22/h4-10,15-17H,11-14,18-19H2,1-3H3,(H,31,34). The lowest BCUT2D eigenvalue weighted by Gasteiger charge is -2.37. The van der Waals surface area contributed by atoms with Crippen molar-refractivity contribution in [2.24, 2.45) is 0 Å². The number of hydrogen-bond donors (Lipinski definition) is 1. The normalized spacial score (nSPS) is 13.8. The molecule has 0 spiro atoms. The van der Waals surface area contributed by atoms with E-state index in [1.165, 1.54) is 12.7 Å². The Morgan fingerprint density at radius 1 is 0.973 bits per heavy atom. The van der Waals surface area contributed by atoms with Crippen molar-refractivity contribution in [1.29, 1.82) is 0 Å². The van der Waals surface area contributed by atoms with Gasteiger partial charge in [-0.15, -0.1) is 0 Å². The number of aryl methyl sites for hydroxylation is 2. The zero-order chi connectivity index (χ0) is 26.4. The molecule has 0 radical (unpaired) electrons. The van der Waals surface area contributed by atoms with Gasteiger partial charge in [0.2, 0.25) is 0 Å². The Kier molecular flexibility index (Phi) is 8.69. The van der Waals surface area contributed by atoms with Crippen LogP contribution in [0.1, 0.15) is 27.0 Å². The number of halogens is 1. The summed E-state index contributed by atoms with van der Waals surface area (Å²) >= 11 is 6.32. The number of amides is 1. The number of ether oxygens (including phenoxy) is 2. The van der Waals surface area contributed by atoms with E-state index >= 15 is 0 Å². The third-order valence-electron chi connectivity index (χ3n) is 6.37. The zero-order valence-corrected chi connectivity index (χ0v) is 22.2. The van der Waals surface area contributed by atoms with Crippen LogP contribution in [0.4, 0.5) is 11.4 Å². The quantitative estimate of drug-likeness (QED) is 0.417. The Labute approximate surface area is 222 Å². The van der Waals surface area contributed by atoms with E-state index in [2.05, 4.69) is 39.4 Å². The fourth-order valence-electron chi connectivity index (χ4n) is 4.55. The molecule has 1 saturated heterocycles. The van der Waals surface area contributed by atoms with Crippen molar-refractivity contribution in [3.63, 3.8) is 0 Å². The largest absolute Gasteiger partial charge is 0.482 e. The van der Waals surface area contributed by atoms with Gasteiger partial charge in [-0.1, -0.05) is 48.0 Å². The van der Waals surface area contributed by atoms with E-state index in [0.717, 1.165) is 49.5 Å². The second-order valence-electron chi connectivity index (χ2n) is 9.20. The summed E-state index contributed by atoms with van der Waals surface area (Å²) in [6, 6.07) is 19.4. The van der Waals surface area contributed by atoms with Crippen molar-refractivity contribution >= 4 is 34.9 Å². The monoisotopic (exact) mass is 521 g/mol. The molecule has 1 aliphatic rings. The summed E-state index contributed by atoms with van der Waals surface area (Å²) in [6.45, 7) is 7.89. The molecule has 1 N–H and O–H groups in total. The highest BCUT2D eigenvalue weighted by Gasteiger charge is 2.22. The van der Waals surface area contributed by atoms with Crippen molar-refractivity contribution in [1.82, 2.24) is 4.90 Å². The number of piperazine rings is 1. The summed E-state index contributed by atoms with van der Waals surface area (Å²) in [5.74, 6) is -0.324. The molecule has 7 nitrogen and oxygen atoms in total. The van der Waals surface area contributed by atoms with Gasteiger partial charge in [0.05, 0.1) is 29.1 Å². The molecule has 1 aliphatic heterocycles. The van der Waals surface area contributed by atoms with Crippen LogP contribution in [-0.4, -0.2) is 56.7 Å². The molecular weight excluding hydrogens is 490 g/mol. The molecule has 4 rings (SSSR count). The lowest BCUT2D eigenvalue weighted by Crippen LogP contribution is -2.46. The number of carbonyl (C=O) groups excluding carboxylic acids is 2.